The van der Waals surface area contributed by atoms with Gasteiger partial charge in [0.15, 0.2) is 5.12 Å². The first-order chi connectivity index (χ1) is 4.16. The molecule has 0 fully saturated rings. The molecule has 1 unspecified atom stereocenters. The first-order valence-corrected chi connectivity index (χ1v) is 3.98. The maximum atomic E-state index is 10.4. The van der Waals surface area contributed by atoms with Crippen LogP contribution in [-0.4, -0.2) is 17.4 Å². The summed E-state index contributed by atoms with van der Waals surface area (Å²) in [6.45, 7) is 4.28. The molecule has 0 saturated carbocycles. The molecule has 0 aliphatic heterocycles. The molecular weight excluding hydrogens is 134 g/mol. The van der Waals surface area contributed by atoms with Crippen molar-refractivity contribution in [1.82, 2.24) is 0 Å². The van der Waals surface area contributed by atoms with E-state index in [2.05, 4.69) is 0 Å². The number of hydrogen-bond acceptors (Lipinski definition) is 3. The highest BCUT2D eigenvalue weighted by Crippen LogP contribution is 2.06. The Balaban J connectivity index is 3.16. The Kier molecular flexibility index (Phi) is 4.81. The Morgan fingerprint density at radius 3 is 2.67 bits per heavy atom. The highest BCUT2D eigenvalue weighted by Gasteiger charge is 2.00. The lowest BCUT2D eigenvalue weighted by atomic mass is 10.2. The summed E-state index contributed by atoms with van der Waals surface area (Å²) in [4.78, 5) is 10.4. The van der Waals surface area contributed by atoms with E-state index in [1.165, 1.54) is 11.8 Å². The average Bonchev–Trinajstić information content (AvgIpc) is 1.83. The van der Waals surface area contributed by atoms with E-state index in [9.17, 15) is 4.79 Å². The zero-order chi connectivity index (χ0) is 7.28. The zero-order valence-corrected chi connectivity index (χ0v) is 6.70. The highest BCUT2D eigenvalue weighted by molar-refractivity contribution is 8.13. The van der Waals surface area contributed by atoms with E-state index in [0.717, 1.165) is 5.75 Å². The fourth-order valence-electron chi connectivity index (χ4n) is 0.328. The lowest BCUT2D eigenvalue weighted by molar-refractivity contribution is -0.109. The third-order valence-corrected chi connectivity index (χ3v) is 2.12. The van der Waals surface area contributed by atoms with Gasteiger partial charge in [0.05, 0.1) is 0 Å². The van der Waals surface area contributed by atoms with Crippen LogP contribution in [0.15, 0.2) is 0 Å². The Hall–Kier alpha value is -0.0200. The second-order valence-electron chi connectivity index (χ2n) is 2.14. The number of hydrogen-bond donors (Lipinski definition) is 1. The van der Waals surface area contributed by atoms with E-state index in [4.69, 9.17) is 5.73 Å². The molecule has 0 aromatic carbocycles. The summed E-state index contributed by atoms with van der Waals surface area (Å²) in [5.74, 6) is 1.31. The summed E-state index contributed by atoms with van der Waals surface area (Å²) in [5, 5.41) is 0.176. The van der Waals surface area contributed by atoms with Crippen LogP contribution < -0.4 is 5.73 Å². The van der Waals surface area contributed by atoms with Crippen molar-refractivity contribution in [2.24, 2.45) is 11.7 Å². The monoisotopic (exact) mass is 147 g/mol. The molecule has 9 heavy (non-hydrogen) atoms. The van der Waals surface area contributed by atoms with Crippen LogP contribution in [0.25, 0.3) is 0 Å². The summed E-state index contributed by atoms with van der Waals surface area (Å²) in [6.07, 6.45) is 0. The lowest BCUT2D eigenvalue weighted by Gasteiger charge is -2.03. The summed E-state index contributed by atoms with van der Waals surface area (Å²) >= 11 is 1.35. The quantitative estimate of drug-likeness (QED) is 0.644. The van der Waals surface area contributed by atoms with Gasteiger partial charge in [-0.05, 0) is 12.5 Å². The summed E-state index contributed by atoms with van der Waals surface area (Å²) in [7, 11) is 0. The van der Waals surface area contributed by atoms with Crippen LogP contribution in [-0.2, 0) is 4.79 Å². The van der Waals surface area contributed by atoms with Crippen LogP contribution in [0.4, 0.5) is 0 Å². The van der Waals surface area contributed by atoms with E-state index in [1.54, 1.807) is 6.92 Å². The summed E-state index contributed by atoms with van der Waals surface area (Å²) < 4.78 is 0. The summed E-state index contributed by atoms with van der Waals surface area (Å²) in [5.41, 5.74) is 5.33. The number of thioether (sulfide) groups is 1. The van der Waals surface area contributed by atoms with Gasteiger partial charge in [-0.2, -0.15) is 0 Å². The minimum atomic E-state index is 0.176. The second kappa shape index (κ2) is 4.82. The molecule has 0 rings (SSSR count). The molecule has 3 heteroatoms. The average molecular weight is 147 g/mol. The zero-order valence-electron chi connectivity index (χ0n) is 5.89. The van der Waals surface area contributed by atoms with E-state index >= 15 is 0 Å². The third kappa shape index (κ3) is 5.86. The van der Waals surface area contributed by atoms with Crippen molar-refractivity contribution >= 4 is 16.9 Å². The third-order valence-electron chi connectivity index (χ3n) is 0.973. The molecule has 54 valence electrons. The Morgan fingerprint density at radius 2 is 2.33 bits per heavy atom. The van der Waals surface area contributed by atoms with Crippen molar-refractivity contribution in [2.75, 3.05) is 12.3 Å². The first kappa shape index (κ1) is 8.98. The van der Waals surface area contributed by atoms with Crippen molar-refractivity contribution in [1.29, 1.82) is 0 Å². The maximum Gasteiger partial charge on any atom is 0.185 e. The minimum absolute atomic E-state index is 0.176. The van der Waals surface area contributed by atoms with Gasteiger partial charge in [0.25, 0.3) is 0 Å². The van der Waals surface area contributed by atoms with Gasteiger partial charge in [0.2, 0.25) is 0 Å². The normalized spacial score (nSPS) is 13.2. The topological polar surface area (TPSA) is 43.1 Å². The maximum absolute atomic E-state index is 10.4. The van der Waals surface area contributed by atoms with Crippen LogP contribution in [0.2, 0.25) is 0 Å². The SMILES string of the molecule is CC(=O)SCC(C)CN. The largest absolute Gasteiger partial charge is 0.330 e. The fourth-order valence-corrected chi connectivity index (χ4v) is 0.983. The highest BCUT2D eigenvalue weighted by atomic mass is 32.2. The molecule has 1 atom stereocenters. The number of carbonyl (C=O) groups excluding carboxylic acids is 1. The molecule has 0 bridgehead atoms. The molecule has 0 amide bonds. The Morgan fingerprint density at radius 1 is 1.78 bits per heavy atom. The Labute approximate surface area is 60.2 Å². The van der Waals surface area contributed by atoms with Crippen molar-refractivity contribution in [2.45, 2.75) is 13.8 Å². The fraction of sp³-hybridized carbons (Fsp3) is 0.833. The van der Waals surface area contributed by atoms with Gasteiger partial charge in [-0.25, -0.2) is 0 Å². The van der Waals surface area contributed by atoms with Crippen molar-refractivity contribution in [3.8, 4) is 0 Å². The number of rotatable bonds is 3. The van der Waals surface area contributed by atoms with Gasteiger partial charge in [0, 0.05) is 12.7 Å². The molecule has 2 nitrogen and oxygen atoms in total. The smallest absolute Gasteiger partial charge is 0.185 e. The van der Waals surface area contributed by atoms with Crippen LogP contribution in [0, 0.1) is 5.92 Å². The molecule has 0 heterocycles. The molecule has 0 aromatic heterocycles. The molecule has 0 aliphatic rings. The van der Waals surface area contributed by atoms with Crippen LogP contribution in [0.3, 0.4) is 0 Å². The van der Waals surface area contributed by atoms with E-state index in [-0.39, 0.29) is 5.12 Å². The summed E-state index contributed by atoms with van der Waals surface area (Å²) in [6, 6.07) is 0. The number of nitrogens with two attached hydrogens (primary N) is 1. The van der Waals surface area contributed by atoms with Gasteiger partial charge in [-0.15, -0.1) is 0 Å². The first-order valence-electron chi connectivity index (χ1n) is 3.00. The molecular formula is C6H13NOS. The molecule has 0 saturated heterocycles. The molecule has 0 aliphatic carbocycles. The lowest BCUT2D eigenvalue weighted by Crippen LogP contribution is -2.13. The molecule has 0 spiro atoms. The van der Waals surface area contributed by atoms with Gasteiger partial charge in [-0.1, -0.05) is 18.7 Å². The van der Waals surface area contributed by atoms with Crippen LogP contribution in [0.1, 0.15) is 13.8 Å². The van der Waals surface area contributed by atoms with Gasteiger partial charge < -0.3 is 5.73 Å². The standard InChI is InChI=1S/C6H13NOS/c1-5(3-7)4-9-6(2)8/h5H,3-4,7H2,1-2H3. The number of carbonyl (C=O) groups is 1. The van der Waals surface area contributed by atoms with Crippen molar-refractivity contribution < 1.29 is 4.79 Å². The predicted molar refractivity (Wildman–Crippen MR) is 41.4 cm³/mol. The van der Waals surface area contributed by atoms with E-state index in [0.29, 0.717) is 12.5 Å². The van der Waals surface area contributed by atoms with E-state index in [1.807, 2.05) is 6.92 Å². The van der Waals surface area contributed by atoms with E-state index < -0.39 is 0 Å². The van der Waals surface area contributed by atoms with Crippen molar-refractivity contribution in [3.63, 3.8) is 0 Å². The predicted octanol–water partition coefficient (Wildman–Crippen LogP) is 0.861. The molecule has 0 aromatic rings. The van der Waals surface area contributed by atoms with Gasteiger partial charge >= 0.3 is 0 Å². The minimum Gasteiger partial charge on any atom is -0.330 e. The van der Waals surface area contributed by atoms with Crippen LogP contribution in [0.5, 0.6) is 0 Å². The second-order valence-corrected chi connectivity index (χ2v) is 3.34. The Bertz CT molecular complexity index is 95.1. The van der Waals surface area contributed by atoms with Crippen LogP contribution >= 0.6 is 11.8 Å². The van der Waals surface area contributed by atoms with Crippen molar-refractivity contribution in [3.05, 3.63) is 0 Å². The van der Waals surface area contributed by atoms with Gasteiger partial charge in [-0.3, -0.25) is 4.79 Å². The van der Waals surface area contributed by atoms with Gasteiger partial charge in [0.1, 0.15) is 0 Å². The molecule has 2 N–H and O–H groups in total. The molecule has 0 radical (unpaired) electrons.